The van der Waals surface area contributed by atoms with E-state index >= 15 is 0 Å². The number of hydrogen-bond acceptors (Lipinski definition) is 2. The molecule has 4 aliphatic rings. The van der Waals surface area contributed by atoms with Gasteiger partial charge in [0, 0.05) is 34.1 Å². The third-order valence-electron chi connectivity index (χ3n) is 16.0. The first-order chi connectivity index (χ1) is 38.2. The van der Waals surface area contributed by atoms with E-state index in [0.29, 0.717) is 0 Å². The summed E-state index contributed by atoms with van der Waals surface area (Å²) in [4.78, 5) is 4.91. The number of rotatable bonds is 10. The van der Waals surface area contributed by atoms with E-state index in [1.807, 2.05) is 0 Å². The van der Waals surface area contributed by atoms with Gasteiger partial charge in [0.1, 0.15) is 0 Å². The van der Waals surface area contributed by atoms with E-state index in [4.69, 9.17) is 0 Å². The first-order valence-corrected chi connectivity index (χ1v) is 26.9. The van der Waals surface area contributed by atoms with Crippen LogP contribution in [0.5, 0.6) is 0 Å². The zero-order chi connectivity index (χ0) is 51.1. The molecule has 77 heavy (non-hydrogen) atoms. The Morgan fingerprint density at radius 1 is 0.312 bits per heavy atom. The van der Waals surface area contributed by atoms with Crippen molar-refractivity contribution in [3.63, 3.8) is 0 Å². The lowest BCUT2D eigenvalue weighted by atomic mass is 9.68. The molecular weight excluding hydrogens is 929 g/mol. The molecule has 0 aromatic heterocycles. The fourth-order valence-corrected chi connectivity index (χ4v) is 12.5. The quantitative estimate of drug-likeness (QED) is 0.135. The predicted molar refractivity (Wildman–Crippen MR) is 324 cm³/mol. The maximum absolute atomic E-state index is 2.53. The SMILES string of the molecule is C1=CCC2=C(C=C1)c1ccc(N(c3ccc(-c4ccccc4)cc3)c3ccc(-c4ccccc4)cc3)cc1C21c2ccccc2-c2ccc(N(C3=CCC=C(c4ccccc4)C=C3)c3ccc(-c4ccccc4)cc3)cc21. The summed E-state index contributed by atoms with van der Waals surface area (Å²) in [5.74, 6) is 0. The van der Waals surface area contributed by atoms with Crippen LogP contribution in [0.4, 0.5) is 28.4 Å². The molecule has 0 fully saturated rings. The first kappa shape index (κ1) is 45.8. The van der Waals surface area contributed by atoms with Crippen LogP contribution in [0.25, 0.3) is 55.7 Å². The Labute approximate surface area is 452 Å². The van der Waals surface area contributed by atoms with Gasteiger partial charge in [0.25, 0.3) is 0 Å². The Balaban J connectivity index is 0.955. The van der Waals surface area contributed by atoms with Gasteiger partial charge in [0.15, 0.2) is 0 Å². The lowest BCUT2D eigenvalue weighted by molar-refractivity contribution is 0.747. The van der Waals surface area contributed by atoms with Crippen molar-refractivity contribution >= 4 is 39.6 Å². The molecule has 0 bridgehead atoms. The van der Waals surface area contributed by atoms with Crippen molar-refractivity contribution in [1.82, 2.24) is 0 Å². The van der Waals surface area contributed by atoms with Crippen LogP contribution in [0.3, 0.4) is 0 Å². The van der Waals surface area contributed by atoms with Crippen LogP contribution in [0.2, 0.25) is 0 Å². The number of nitrogens with zero attached hydrogens (tertiary/aromatic N) is 2. The minimum atomic E-state index is -0.583. The van der Waals surface area contributed by atoms with Crippen molar-refractivity contribution in [1.29, 1.82) is 0 Å². The summed E-state index contributed by atoms with van der Waals surface area (Å²) < 4.78 is 0. The van der Waals surface area contributed by atoms with Gasteiger partial charge in [-0.25, -0.2) is 0 Å². The lowest BCUT2D eigenvalue weighted by Gasteiger charge is -2.35. The summed E-state index contributed by atoms with van der Waals surface area (Å²) >= 11 is 0. The minimum absolute atomic E-state index is 0.583. The van der Waals surface area contributed by atoms with E-state index in [1.165, 1.54) is 89.0 Å². The summed E-state index contributed by atoms with van der Waals surface area (Å²) in [7, 11) is 0. The normalized spacial score (nSPS) is 15.7. The maximum Gasteiger partial charge on any atom is 0.0692 e. The van der Waals surface area contributed by atoms with E-state index in [2.05, 4.69) is 313 Å². The molecule has 0 saturated heterocycles. The topological polar surface area (TPSA) is 6.48 Å². The average molecular weight is 983 g/mol. The molecule has 1 spiro atoms. The van der Waals surface area contributed by atoms with Gasteiger partial charge in [-0.05, 0) is 169 Å². The van der Waals surface area contributed by atoms with E-state index in [1.54, 1.807) is 0 Å². The molecule has 10 aromatic carbocycles. The van der Waals surface area contributed by atoms with Gasteiger partial charge in [-0.15, -0.1) is 0 Å². The molecule has 0 saturated carbocycles. The molecular formula is C75H54N2. The van der Waals surface area contributed by atoms with Crippen molar-refractivity contribution in [2.75, 3.05) is 9.80 Å². The van der Waals surface area contributed by atoms with Gasteiger partial charge >= 0.3 is 0 Å². The fraction of sp³-hybridized carbons (Fsp3) is 0.0400. The molecule has 0 radical (unpaired) electrons. The van der Waals surface area contributed by atoms with Crippen LogP contribution >= 0.6 is 0 Å². The molecule has 1 unspecified atom stereocenters. The Morgan fingerprint density at radius 2 is 0.753 bits per heavy atom. The van der Waals surface area contributed by atoms with Crippen molar-refractivity contribution < 1.29 is 0 Å². The smallest absolute Gasteiger partial charge is 0.0692 e. The highest BCUT2D eigenvalue weighted by Crippen LogP contribution is 2.64. The number of anilines is 5. The molecule has 10 aromatic rings. The van der Waals surface area contributed by atoms with E-state index in [9.17, 15) is 0 Å². The van der Waals surface area contributed by atoms with Gasteiger partial charge in [-0.3, -0.25) is 0 Å². The first-order valence-electron chi connectivity index (χ1n) is 26.9. The monoisotopic (exact) mass is 982 g/mol. The van der Waals surface area contributed by atoms with Crippen LogP contribution < -0.4 is 9.80 Å². The number of benzene rings is 10. The third kappa shape index (κ3) is 8.05. The van der Waals surface area contributed by atoms with Gasteiger partial charge < -0.3 is 9.80 Å². The number of allylic oxidation sites excluding steroid dienone is 11. The summed E-state index contributed by atoms with van der Waals surface area (Å²) in [6.07, 6.45) is 20.1. The molecule has 14 rings (SSSR count). The molecule has 4 aliphatic carbocycles. The highest BCUT2D eigenvalue weighted by atomic mass is 15.2. The number of fused-ring (bicyclic) bond motifs is 9. The van der Waals surface area contributed by atoms with Gasteiger partial charge in [0.05, 0.1) is 5.41 Å². The third-order valence-corrected chi connectivity index (χ3v) is 16.0. The molecule has 1 atom stereocenters. The van der Waals surface area contributed by atoms with Crippen molar-refractivity contribution in [2.24, 2.45) is 0 Å². The highest BCUT2D eigenvalue weighted by molar-refractivity contribution is 5.99. The van der Waals surface area contributed by atoms with Crippen LogP contribution in [0.15, 0.2) is 315 Å². The zero-order valence-electron chi connectivity index (χ0n) is 42.7. The van der Waals surface area contributed by atoms with E-state index < -0.39 is 5.41 Å². The second kappa shape index (κ2) is 19.5. The van der Waals surface area contributed by atoms with Crippen molar-refractivity contribution in [3.8, 4) is 44.5 Å². The van der Waals surface area contributed by atoms with Gasteiger partial charge in [-0.2, -0.15) is 0 Å². The number of hydrogen-bond donors (Lipinski definition) is 0. The Bertz CT molecular complexity index is 3950. The molecule has 0 amide bonds. The second-order valence-corrected chi connectivity index (χ2v) is 20.3. The molecule has 2 heteroatoms. The van der Waals surface area contributed by atoms with Crippen LogP contribution in [-0.2, 0) is 5.41 Å². The largest absolute Gasteiger partial charge is 0.311 e. The van der Waals surface area contributed by atoms with Gasteiger partial charge in [0.2, 0.25) is 0 Å². The maximum atomic E-state index is 2.53. The van der Waals surface area contributed by atoms with Crippen LogP contribution in [0.1, 0.15) is 40.7 Å². The summed E-state index contributed by atoms with van der Waals surface area (Å²) in [6, 6.07) is 93.7. The predicted octanol–water partition coefficient (Wildman–Crippen LogP) is 19.8. The molecule has 364 valence electrons. The summed E-state index contributed by atoms with van der Waals surface area (Å²) in [5.41, 5.74) is 26.2. The summed E-state index contributed by atoms with van der Waals surface area (Å²) in [6.45, 7) is 0. The van der Waals surface area contributed by atoms with Crippen LogP contribution in [0, 0.1) is 0 Å². The Hall–Kier alpha value is -9.76. The lowest BCUT2D eigenvalue weighted by Crippen LogP contribution is -2.28. The van der Waals surface area contributed by atoms with Crippen LogP contribution in [-0.4, -0.2) is 0 Å². The molecule has 0 N–H and O–H groups in total. The molecule has 2 nitrogen and oxygen atoms in total. The fourth-order valence-electron chi connectivity index (χ4n) is 12.5. The Morgan fingerprint density at radius 3 is 1.32 bits per heavy atom. The molecule has 0 aliphatic heterocycles. The minimum Gasteiger partial charge on any atom is -0.311 e. The van der Waals surface area contributed by atoms with Crippen molar-refractivity contribution in [2.45, 2.75) is 18.3 Å². The highest BCUT2D eigenvalue weighted by Gasteiger charge is 2.52. The zero-order valence-corrected chi connectivity index (χ0v) is 42.7. The standard InChI is InChI=1S/C75H54N2/c1-6-19-53(20-7-1)57-27-18-28-61(40-33-57)76(62-41-34-58(35-42-62)54-21-8-2-9-22-54)65-47-49-70-68-30-16-17-32-72(68)75(73(70)51-65)71-31-15-5-14-29-67(71)69-50-48-66(52-74(69)75)77(63-43-36-59(37-44-63)55-23-10-3-11-24-55)64-45-38-60(39-46-64)56-25-12-4-13-26-56/h1-17,19-30,32-52H,18,31H2. The van der Waals surface area contributed by atoms with Crippen molar-refractivity contribution in [3.05, 3.63) is 342 Å². The average Bonchev–Trinajstić information content (AvgIpc) is 3.83. The van der Waals surface area contributed by atoms with Gasteiger partial charge in [-0.1, -0.05) is 237 Å². The van der Waals surface area contributed by atoms with E-state index in [0.717, 1.165) is 47.0 Å². The Kier molecular flexibility index (Phi) is 11.6. The summed E-state index contributed by atoms with van der Waals surface area (Å²) in [5, 5.41) is 0. The second-order valence-electron chi connectivity index (χ2n) is 20.3. The molecule has 0 heterocycles. The van der Waals surface area contributed by atoms with E-state index in [-0.39, 0.29) is 0 Å².